The van der Waals surface area contributed by atoms with Crippen molar-refractivity contribution in [2.24, 2.45) is 0 Å². The van der Waals surface area contributed by atoms with E-state index in [2.05, 4.69) is 57.3 Å². The molecule has 1 aromatic carbocycles. The van der Waals surface area contributed by atoms with Crippen LogP contribution >= 0.6 is 0 Å². The van der Waals surface area contributed by atoms with Crippen LogP contribution in [0.2, 0.25) is 0 Å². The third-order valence-corrected chi connectivity index (χ3v) is 4.67. The Balaban J connectivity index is 1.55. The van der Waals surface area contributed by atoms with E-state index in [0.29, 0.717) is 6.04 Å². The van der Waals surface area contributed by atoms with E-state index in [9.17, 15) is 0 Å². The van der Waals surface area contributed by atoms with E-state index >= 15 is 0 Å². The summed E-state index contributed by atoms with van der Waals surface area (Å²) in [4.78, 5) is 11.6. The van der Waals surface area contributed by atoms with Crippen molar-refractivity contribution in [3.63, 3.8) is 0 Å². The van der Waals surface area contributed by atoms with Crippen LogP contribution in [0.25, 0.3) is 11.3 Å². The van der Waals surface area contributed by atoms with Gasteiger partial charge in [0.25, 0.3) is 0 Å². The molecule has 1 aliphatic heterocycles. The molecule has 3 heteroatoms. The molecule has 120 valence electrons. The van der Waals surface area contributed by atoms with Gasteiger partial charge in [-0.2, -0.15) is 0 Å². The Hall–Kier alpha value is -2.52. The molecule has 24 heavy (non-hydrogen) atoms. The van der Waals surface area contributed by atoms with Crippen LogP contribution in [-0.2, 0) is 6.54 Å². The van der Waals surface area contributed by atoms with Gasteiger partial charge in [-0.25, -0.2) is 0 Å². The average Bonchev–Trinajstić information content (AvgIpc) is 3.11. The lowest BCUT2D eigenvalue weighted by atomic mass is 10.1. The zero-order valence-corrected chi connectivity index (χ0v) is 13.7. The Kier molecular flexibility index (Phi) is 4.34. The van der Waals surface area contributed by atoms with Crippen LogP contribution in [0.15, 0.2) is 73.1 Å². The molecule has 0 spiro atoms. The average molecular weight is 315 g/mol. The van der Waals surface area contributed by atoms with Crippen molar-refractivity contribution in [3.8, 4) is 11.3 Å². The van der Waals surface area contributed by atoms with Gasteiger partial charge in [0.2, 0.25) is 0 Å². The molecule has 2 aromatic heterocycles. The molecule has 0 aliphatic carbocycles. The molecule has 1 fully saturated rings. The first-order chi connectivity index (χ1) is 11.9. The van der Waals surface area contributed by atoms with Gasteiger partial charge in [-0.3, -0.25) is 14.9 Å². The van der Waals surface area contributed by atoms with Gasteiger partial charge < -0.3 is 0 Å². The molecule has 0 amide bonds. The maximum Gasteiger partial charge on any atom is 0.0702 e. The largest absolute Gasteiger partial charge is 0.291 e. The number of pyridine rings is 2. The summed E-state index contributed by atoms with van der Waals surface area (Å²) in [5.74, 6) is 0. The van der Waals surface area contributed by atoms with Crippen molar-refractivity contribution < 1.29 is 0 Å². The molecule has 1 saturated heterocycles. The molecule has 3 nitrogen and oxygen atoms in total. The van der Waals surface area contributed by atoms with Crippen LogP contribution in [0.4, 0.5) is 0 Å². The minimum atomic E-state index is 0.435. The second-order valence-electron chi connectivity index (χ2n) is 6.30. The summed E-state index contributed by atoms with van der Waals surface area (Å²) in [6.07, 6.45) is 6.17. The van der Waals surface area contributed by atoms with E-state index in [4.69, 9.17) is 0 Å². The van der Waals surface area contributed by atoms with Crippen LogP contribution in [-0.4, -0.2) is 21.4 Å². The summed E-state index contributed by atoms with van der Waals surface area (Å²) in [7, 11) is 0. The van der Waals surface area contributed by atoms with E-state index < -0.39 is 0 Å². The molecule has 3 aromatic rings. The predicted octanol–water partition coefficient (Wildman–Crippen LogP) is 4.48. The Morgan fingerprint density at radius 3 is 2.58 bits per heavy atom. The van der Waals surface area contributed by atoms with Gasteiger partial charge in [0.05, 0.1) is 17.4 Å². The van der Waals surface area contributed by atoms with Crippen molar-refractivity contribution in [1.82, 2.24) is 14.9 Å². The van der Waals surface area contributed by atoms with Gasteiger partial charge in [-0.05, 0) is 55.3 Å². The standard InChI is InChI=1S/C21H21N3/c1-3-12-22-19(9-1)18-8-5-7-17(15-18)16-24-14-6-11-21(24)20-10-2-4-13-23-20/h1-5,7-10,12-13,15,21H,6,11,14,16H2. The van der Waals surface area contributed by atoms with E-state index in [1.54, 1.807) is 0 Å². The van der Waals surface area contributed by atoms with Crippen LogP contribution in [0.1, 0.15) is 30.1 Å². The van der Waals surface area contributed by atoms with E-state index in [1.807, 2.05) is 30.6 Å². The highest BCUT2D eigenvalue weighted by molar-refractivity contribution is 5.59. The fraction of sp³-hybridized carbons (Fsp3) is 0.238. The first-order valence-corrected chi connectivity index (χ1v) is 8.55. The first-order valence-electron chi connectivity index (χ1n) is 8.55. The van der Waals surface area contributed by atoms with Crippen LogP contribution in [0, 0.1) is 0 Å². The lowest BCUT2D eigenvalue weighted by Crippen LogP contribution is -2.23. The van der Waals surface area contributed by atoms with Crippen molar-refractivity contribution in [2.75, 3.05) is 6.54 Å². The van der Waals surface area contributed by atoms with Crippen molar-refractivity contribution >= 4 is 0 Å². The lowest BCUT2D eigenvalue weighted by Gasteiger charge is -2.24. The normalized spacial score (nSPS) is 17.9. The molecular formula is C21H21N3. The Labute approximate surface area is 143 Å². The Bertz CT molecular complexity index is 786. The Morgan fingerprint density at radius 1 is 0.917 bits per heavy atom. The minimum absolute atomic E-state index is 0.435. The number of likely N-dealkylation sites (tertiary alicyclic amines) is 1. The zero-order valence-electron chi connectivity index (χ0n) is 13.7. The highest BCUT2D eigenvalue weighted by atomic mass is 15.2. The summed E-state index contributed by atoms with van der Waals surface area (Å²) < 4.78 is 0. The van der Waals surface area contributed by atoms with Crippen LogP contribution in [0.5, 0.6) is 0 Å². The summed E-state index contributed by atoms with van der Waals surface area (Å²) in [6.45, 7) is 2.09. The fourth-order valence-electron chi connectivity index (χ4n) is 3.52. The molecule has 1 unspecified atom stereocenters. The number of hydrogen-bond acceptors (Lipinski definition) is 3. The SMILES string of the molecule is c1ccc(-c2cccc(CN3CCCC3c3ccccn3)c2)nc1. The van der Waals surface area contributed by atoms with Crippen LogP contribution < -0.4 is 0 Å². The molecule has 1 aliphatic rings. The summed E-state index contributed by atoms with van der Waals surface area (Å²) in [5.41, 5.74) is 4.74. The third-order valence-electron chi connectivity index (χ3n) is 4.67. The highest BCUT2D eigenvalue weighted by Gasteiger charge is 2.26. The molecule has 0 saturated carbocycles. The minimum Gasteiger partial charge on any atom is -0.291 e. The van der Waals surface area contributed by atoms with Gasteiger partial charge in [0, 0.05) is 24.5 Å². The van der Waals surface area contributed by atoms with Gasteiger partial charge in [-0.15, -0.1) is 0 Å². The molecule has 3 heterocycles. The van der Waals surface area contributed by atoms with Gasteiger partial charge in [0.1, 0.15) is 0 Å². The lowest BCUT2D eigenvalue weighted by molar-refractivity contribution is 0.244. The van der Waals surface area contributed by atoms with E-state index in [1.165, 1.54) is 29.7 Å². The molecule has 0 bridgehead atoms. The van der Waals surface area contributed by atoms with E-state index in [-0.39, 0.29) is 0 Å². The molecular weight excluding hydrogens is 294 g/mol. The molecule has 0 N–H and O–H groups in total. The third kappa shape index (κ3) is 3.22. The number of hydrogen-bond donors (Lipinski definition) is 0. The van der Waals surface area contributed by atoms with Gasteiger partial charge in [0.15, 0.2) is 0 Å². The molecule has 0 radical (unpaired) electrons. The number of rotatable bonds is 4. The Morgan fingerprint density at radius 2 is 1.79 bits per heavy atom. The predicted molar refractivity (Wildman–Crippen MR) is 96.3 cm³/mol. The van der Waals surface area contributed by atoms with Gasteiger partial charge >= 0.3 is 0 Å². The maximum absolute atomic E-state index is 4.57. The zero-order chi connectivity index (χ0) is 16.2. The smallest absolute Gasteiger partial charge is 0.0702 e. The number of aromatic nitrogens is 2. The number of benzene rings is 1. The number of nitrogens with zero attached hydrogens (tertiary/aromatic N) is 3. The fourth-order valence-corrected chi connectivity index (χ4v) is 3.52. The second-order valence-corrected chi connectivity index (χ2v) is 6.30. The second kappa shape index (κ2) is 6.93. The van der Waals surface area contributed by atoms with Crippen molar-refractivity contribution in [2.45, 2.75) is 25.4 Å². The summed E-state index contributed by atoms with van der Waals surface area (Å²) in [6, 6.07) is 21.4. The van der Waals surface area contributed by atoms with Crippen LogP contribution in [0.3, 0.4) is 0 Å². The highest BCUT2D eigenvalue weighted by Crippen LogP contribution is 2.32. The summed E-state index contributed by atoms with van der Waals surface area (Å²) in [5, 5.41) is 0. The van der Waals surface area contributed by atoms with Crippen molar-refractivity contribution in [3.05, 3.63) is 84.3 Å². The quantitative estimate of drug-likeness (QED) is 0.711. The molecule has 4 rings (SSSR count). The van der Waals surface area contributed by atoms with E-state index in [0.717, 1.165) is 18.8 Å². The van der Waals surface area contributed by atoms with Gasteiger partial charge in [-0.1, -0.05) is 30.3 Å². The monoisotopic (exact) mass is 315 g/mol. The topological polar surface area (TPSA) is 29.0 Å². The van der Waals surface area contributed by atoms with Crippen molar-refractivity contribution in [1.29, 1.82) is 0 Å². The summed E-state index contributed by atoms with van der Waals surface area (Å²) >= 11 is 0. The first kappa shape index (κ1) is 15.0. The molecule has 1 atom stereocenters. The maximum atomic E-state index is 4.57.